The molecule has 3 heteroatoms. The van der Waals surface area contributed by atoms with Gasteiger partial charge in [-0.05, 0) is 51.9 Å². The molecule has 2 N–H and O–H groups in total. The molecule has 2 unspecified atom stereocenters. The van der Waals surface area contributed by atoms with Gasteiger partial charge in [0.25, 0.3) is 0 Å². The zero-order valence-electron chi connectivity index (χ0n) is 10.9. The Morgan fingerprint density at radius 3 is 2.44 bits per heavy atom. The SMILES string of the molecule is CN1CCC(CNC2CC(O)C2(C)C)CC1. The molecular formula is C13H26N2O. The van der Waals surface area contributed by atoms with Crippen molar-refractivity contribution >= 4 is 0 Å². The Morgan fingerprint density at radius 2 is 1.94 bits per heavy atom. The van der Waals surface area contributed by atoms with E-state index in [-0.39, 0.29) is 11.5 Å². The van der Waals surface area contributed by atoms with E-state index in [2.05, 4.69) is 31.1 Å². The molecule has 1 aliphatic carbocycles. The normalized spacial score (nSPS) is 36.0. The average Bonchev–Trinajstić information content (AvgIpc) is 2.26. The van der Waals surface area contributed by atoms with Gasteiger partial charge in [-0.1, -0.05) is 13.8 Å². The fraction of sp³-hybridized carbons (Fsp3) is 1.00. The predicted octanol–water partition coefficient (Wildman–Crippen LogP) is 1.08. The molecule has 0 aromatic heterocycles. The van der Waals surface area contributed by atoms with Crippen LogP contribution in [-0.4, -0.2) is 48.8 Å². The molecule has 16 heavy (non-hydrogen) atoms. The van der Waals surface area contributed by atoms with Crippen LogP contribution in [0.1, 0.15) is 33.1 Å². The third kappa shape index (κ3) is 2.41. The Kier molecular flexibility index (Phi) is 3.57. The van der Waals surface area contributed by atoms with Crippen LogP contribution in [0.15, 0.2) is 0 Å². The van der Waals surface area contributed by atoms with E-state index < -0.39 is 0 Å². The molecule has 1 saturated heterocycles. The van der Waals surface area contributed by atoms with Gasteiger partial charge in [-0.2, -0.15) is 0 Å². The monoisotopic (exact) mass is 226 g/mol. The number of nitrogens with one attached hydrogen (secondary N) is 1. The van der Waals surface area contributed by atoms with Crippen molar-refractivity contribution in [1.82, 2.24) is 10.2 Å². The second kappa shape index (κ2) is 4.63. The van der Waals surface area contributed by atoms with Crippen molar-refractivity contribution in [3.05, 3.63) is 0 Å². The lowest BCUT2D eigenvalue weighted by molar-refractivity contribution is -0.0737. The maximum atomic E-state index is 9.67. The molecule has 0 radical (unpaired) electrons. The maximum Gasteiger partial charge on any atom is 0.0621 e. The summed E-state index contributed by atoms with van der Waals surface area (Å²) in [5.41, 5.74) is 0.0749. The summed E-state index contributed by atoms with van der Waals surface area (Å²) in [6, 6.07) is 0.516. The topological polar surface area (TPSA) is 35.5 Å². The zero-order chi connectivity index (χ0) is 11.8. The first kappa shape index (κ1) is 12.3. The van der Waals surface area contributed by atoms with Crippen LogP contribution >= 0.6 is 0 Å². The molecule has 1 heterocycles. The van der Waals surface area contributed by atoms with Gasteiger partial charge in [0.1, 0.15) is 0 Å². The quantitative estimate of drug-likeness (QED) is 0.756. The molecule has 0 spiro atoms. The number of aliphatic hydroxyl groups is 1. The largest absolute Gasteiger partial charge is 0.392 e. The number of likely N-dealkylation sites (tertiary alicyclic amines) is 1. The van der Waals surface area contributed by atoms with Crippen LogP contribution in [-0.2, 0) is 0 Å². The molecule has 0 aromatic carbocycles. The summed E-state index contributed by atoms with van der Waals surface area (Å²) in [6.07, 6.45) is 3.46. The Hall–Kier alpha value is -0.120. The van der Waals surface area contributed by atoms with Crippen LogP contribution in [0.4, 0.5) is 0 Å². The van der Waals surface area contributed by atoms with E-state index in [1.165, 1.54) is 25.9 Å². The van der Waals surface area contributed by atoms with Crippen LogP contribution in [0, 0.1) is 11.3 Å². The summed E-state index contributed by atoms with van der Waals surface area (Å²) >= 11 is 0. The molecule has 0 bridgehead atoms. The van der Waals surface area contributed by atoms with Gasteiger partial charge in [-0.25, -0.2) is 0 Å². The number of rotatable bonds is 3. The summed E-state index contributed by atoms with van der Waals surface area (Å²) in [7, 11) is 2.20. The van der Waals surface area contributed by atoms with Crippen molar-refractivity contribution in [1.29, 1.82) is 0 Å². The highest BCUT2D eigenvalue weighted by Crippen LogP contribution is 2.40. The van der Waals surface area contributed by atoms with Crippen LogP contribution in [0.3, 0.4) is 0 Å². The Labute approximate surface area is 99.2 Å². The third-order valence-electron chi connectivity index (χ3n) is 4.71. The Morgan fingerprint density at radius 1 is 1.31 bits per heavy atom. The third-order valence-corrected chi connectivity index (χ3v) is 4.71. The van der Waals surface area contributed by atoms with E-state index >= 15 is 0 Å². The number of aliphatic hydroxyl groups excluding tert-OH is 1. The summed E-state index contributed by atoms with van der Waals surface area (Å²) < 4.78 is 0. The lowest BCUT2D eigenvalue weighted by Crippen LogP contribution is -2.60. The fourth-order valence-electron chi connectivity index (χ4n) is 2.82. The summed E-state index contributed by atoms with van der Waals surface area (Å²) in [6.45, 7) is 7.93. The smallest absolute Gasteiger partial charge is 0.0621 e. The number of nitrogens with zero attached hydrogens (tertiary/aromatic N) is 1. The van der Waals surface area contributed by atoms with Crippen LogP contribution in [0.25, 0.3) is 0 Å². The van der Waals surface area contributed by atoms with E-state index in [1.807, 2.05) is 0 Å². The van der Waals surface area contributed by atoms with Crippen molar-refractivity contribution in [2.45, 2.75) is 45.3 Å². The number of piperidine rings is 1. The molecule has 3 nitrogen and oxygen atoms in total. The van der Waals surface area contributed by atoms with Gasteiger partial charge in [0, 0.05) is 11.5 Å². The van der Waals surface area contributed by atoms with Crippen molar-refractivity contribution < 1.29 is 5.11 Å². The second-order valence-corrected chi connectivity index (χ2v) is 6.28. The van der Waals surface area contributed by atoms with Gasteiger partial charge < -0.3 is 15.3 Å². The summed E-state index contributed by atoms with van der Waals surface area (Å²) in [5, 5.41) is 13.3. The molecule has 1 aliphatic heterocycles. The average molecular weight is 226 g/mol. The first-order valence-electron chi connectivity index (χ1n) is 6.60. The Bertz CT molecular complexity index is 234. The van der Waals surface area contributed by atoms with Crippen LogP contribution in [0.2, 0.25) is 0 Å². The molecule has 2 aliphatic rings. The predicted molar refractivity (Wildman–Crippen MR) is 66.4 cm³/mol. The summed E-state index contributed by atoms with van der Waals surface area (Å²) in [5.74, 6) is 0.838. The van der Waals surface area contributed by atoms with Gasteiger partial charge in [0.15, 0.2) is 0 Å². The molecule has 94 valence electrons. The van der Waals surface area contributed by atoms with Crippen molar-refractivity contribution in [3.63, 3.8) is 0 Å². The van der Waals surface area contributed by atoms with Gasteiger partial charge in [-0.15, -0.1) is 0 Å². The minimum Gasteiger partial charge on any atom is -0.392 e. The lowest BCUT2D eigenvalue weighted by atomic mass is 9.64. The molecule has 1 saturated carbocycles. The van der Waals surface area contributed by atoms with Gasteiger partial charge in [0.2, 0.25) is 0 Å². The molecule has 0 aromatic rings. The minimum absolute atomic E-state index is 0.0749. The summed E-state index contributed by atoms with van der Waals surface area (Å²) in [4.78, 5) is 2.41. The fourth-order valence-corrected chi connectivity index (χ4v) is 2.82. The first-order chi connectivity index (χ1) is 7.50. The lowest BCUT2D eigenvalue weighted by Gasteiger charge is -2.50. The number of hydrogen-bond acceptors (Lipinski definition) is 3. The van der Waals surface area contributed by atoms with Crippen LogP contribution < -0.4 is 5.32 Å². The molecule has 2 fully saturated rings. The van der Waals surface area contributed by atoms with E-state index in [0.29, 0.717) is 6.04 Å². The van der Waals surface area contributed by atoms with Crippen molar-refractivity contribution in [3.8, 4) is 0 Å². The molecule has 2 rings (SSSR count). The maximum absolute atomic E-state index is 9.67. The zero-order valence-corrected chi connectivity index (χ0v) is 10.9. The van der Waals surface area contributed by atoms with Gasteiger partial charge >= 0.3 is 0 Å². The first-order valence-corrected chi connectivity index (χ1v) is 6.60. The van der Waals surface area contributed by atoms with Gasteiger partial charge in [0.05, 0.1) is 6.10 Å². The molecule has 2 atom stereocenters. The highest BCUT2D eigenvalue weighted by atomic mass is 16.3. The second-order valence-electron chi connectivity index (χ2n) is 6.28. The van der Waals surface area contributed by atoms with E-state index in [4.69, 9.17) is 0 Å². The highest BCUT2D eigenvalue weighted by Gasteiger charge is 2.46. The highest BCUT2D eigenvalue weighted by molar-refractivity contribution is 5.01. The van der Waals surface area contributed by atoms with Crippen molar-refractivity contribution in [2.24, 2.45) is 11.3 Å². The molecular weight excluding hydrogens is 200 g/mol. The standard InChI is InChI=1S/C13H26N2O/c1-13(2)11(8-12(13)16)14-9-10-4-6-15(3)7-5-10/h10-12,14,16H,4-9H2,1-3H3. The van der Waals surface area contributed by atoms with Crippen LogP contribution in [0.5, 0.6) is 0 Å². The van der Waals surface area contributed by atoms with E-state index in [9.17, 15) is 5.11 Å². The van der Waals surface area contributed by atoms with Gasteiger partial charge in [-0.3, -0.25) is 0 Å². The Balaban J connectivity index is 1.69. The minimum atomic E-state index is -0.109. The van der Waals surface area contributed by atoms with E-state index in [0.717, 1.165) is 18.9 Å². The van der Waals surface area contributed by atoms with Crippen molar-refractivity contribution in [2.75, 3.05) is 26.7 Å². The number of hydrogen-bond donors (Lipinski definition) is 2. The van der Waals surface area contributed by atoms with E-state index in [1.54, 1.807) is 0 Å². The molecule has 0 amide bonds.